The molecule has 3 rings (SSSR count). The summed E-state index contributed by atoms with van der Waals surface area (Å²) in [6.07, 6.45) is 2.08. The molecule has 24 heavy (non-hydrogen) atoms. The number of carbonyl (C=O) groups excluding carboxylic acids is 2. The number of nitrogens with zero attached hydrogens (tertiary/aromatic N) is 2. The Bertz CT molecular complexity index is 655. The molecule has 0 N–H and O–H groups in total. The normalized spacial score (nSPS) is 21.7. The van der Waals surface area contributed by atoms with Gasteiger partial charge in [-0.2, -0.15) is 0 Å². The van der Waals surface area contributed by atoms with E-state index < -0.39 is 0 Å². The van der Waals surface area contributed by atoms with E-state index in [9.17, 15) is 9.59 Å². The van der Waals surface area contributed by atoms with Crippen LogP contribution in [0.25, 0.3) is 0 Å². The maximum absolute atomic E-state index is 12.7. The highest BCUT2D eigenvalue weighted by Gasteiger charge is 2.37. The molecule has 1 unspecified atom stereocenters. The SMILES string of the molecule is C=C1CCN(C(=O)C2CC(=O)N(c3cccc(C(C)C)c3)C2)CC1. The van der Waals surface area contributed by atoms with Crippen LogP contribution in [0.2, 0.25) is 0 Å². The van der Waals surface area contributed by atoms with Gasteiger partial charge in [0, 0.05) is 31.7 Å². The number of amides is 2. The molecule has 0 saturated carbocycles. The number of likely N-dealkylation sites (tertiary alicyclic amines) is 1. The zero-order valence-electron chi connectivity index (χ0n) is 14.6. The van der Waals surface area contributed by atoms with Crippen molar-refractivity contribution in [3.8, 4) is 0 Å². The number of hydrogen-bond acceptors (Lipinski definition) is 2. The molecule has 0 bridgehead atoms. The molecule has 0 radical (unpaired) electrons. The van der Waals surface area contributed by atoms with E-state index in [1.54, 1.807) is 4.90 Å². The largest absolute Gasteiger partial charge is 0.342 e. The third-order valence-corrected chi connectivity index (χ3v) is 5.11. The summed E-state index contributed by atoms with van der Waals surface area (Å²) < 4.78 is 0. The van der Waals surface area contributed by atoms with Crippen molar-refractivity contribution in [2.75, 3.05) is 24.5 Å². The van der Waals surface area contributed by atoms with E-state index in [0.29, 0.717) is 18.9 Å². The quantitative estimate of drug-likeness (QED) is 0.799. The first-order valence-electron chi connectivity index (χ1n) is 8.81. The van der Waals surface area contributed by atoms with E-state index in [1.807, 2.05) is 17.0 Å². The van der Waals surface area contributed by atoms with Gasteiger partial charge >= 0.3 is 0 Å². The van der Waals surface area contributed by atoms with Crippen molar-refractivity contribution < 1.29 is 9.59 Å². The predicted octanol–water partition coefficient (Wildman–Crippen LogP) is 3.34. The molecule has 4 heteroatoms. The van der Waals surface area contributed by atoms with Crippen LogP contribution in [0.15, 0.2) is 36.4 Å². The van der Waals surface area contributed by atoms with Crippen LogP contribution in [0.1, 0.15) is 44.6 Å². The van der Waals surface area contributed by atoms with Crippen molar-refractivity contribution in [3.05, 3.63) is 42.0 Å². The summed E-state index contributed by atoms with van der Waals surface area (Å²) in [5, 5.41) is 0. The second-order valence-electron chi connectivity index (χ2n) is 7.23. The zero-order valence-corrected chi connectivity index (χ0v) is 14.6. The minimum Gasteiger partial charge on any atom is -0.342 e. The number of piperidine rings is 1. The van der Waals surface area contributed by atoms with Crippen LogP contribution in [-0.4, -0.2) is 36.3 Å². The second-order valence-corrected chi connectivity index (χ2v) is 7.23. The fraction of sp³-hybridized carbons (Fsp3) is 0.500. The van der Waals surface area contributed by atoms with E-state index in [2.05, 4.69) is 32.6 Å². The number of hydrogen-bond donors (Lipinski definition) is 0. The van der Waals surface area contributed by atoms with Gasteiger partial charge in [0.2, 0.25) is 11.8 Å². The number of rotatable bonds is 3. The van der Waals surface area contributed by atoms with Crippen LogP contribution in [0.3, 0.4) is 0 Å². The Morgan fingerprint density at radius 1 is 1.25 bits per heavy atom. The lowest BCUT2D eigenvalue weighted by Gasteiger charge is -2.30. The molecule has 2 aliphatic heterocycles. The molecule has 2 heterocycles. The van der Waals surface area contributed by atoms with E-state index in [4.69, 9.17) is 0 Å². The minimum absolute atomic E-state index is 0.0516. The topological polar surface area (TPSA) is 40.6 Å². The first-order valence-corrected chi connectivity index (χ1v) is 8.81. The first kappa shape index (κ1) is 16.7. The predicted molar refractivity (Wildman–Crippen MR) is 95.9 cm³/mol. The van der Waals surface area contributed by atoms with Crippen molar-refractivity contribution in [3.63, 3.8) is 0 Å². The number of anilines is 1. The smallest absolute Gasteiger partial charge is 0.228 e. The molecule has 2 saturated heterocycles. The molecule has 1 atom stereocenters. The Labute approximate surface area is 144 Å². The Morgan fingerprint density at radius 2 is 1.96 bits per heavy atom. The van der Waals surface area contributed by atoms with Gasteiger partial charge in [-0.1, -0.05) is 38.1 Å². The van der Waals surface area contributed by atoms with Gasteiger partial charge in [-0.15, -0.1) is 0 Å². The Balaban J connectivity index is 1.70. The molecule has 0 aromatic heterocycles. The zero-order chi connectivity index (χ0) is 17.3. The summed E-state index contributed by atoms with van der Waals surface area (Å²) >= 11 is 0. The van der Waals surface area contributed by atoms with Crippen LogP contribution in [-0.2, 0) is 9.59 Å². The summed E-state index contributed by atoms with van der Waals surface area (Å²) in [4.78, 5) is 28.8. The van der Waals surface area contributed by atoms with Gasteiger partial charge in [-0.3, -0.25) is 9.59 Å². The van der Waals surface area contributed by atoms with Crippen molar-refractivity contribution in [1.29, 1.82) is 0 Å². The van der Waals surface area contributed by atoms with Crippen LogP contribution < -0.4 is 4.90 Å². The summed E-state index contributed by atoms with van der Waals surface area (Å²) in [6, 6.07) is 8.10. The Kier molecular flexibility index (Phi) is 4.74. The second kappa shape index (κ2) is 6.80. The molecular weight excluding hydrogens is 300 g/mol. The van der Waals surface area contributed by atoms with E-state index in [0.717, 1.165) is 31.6 Å². The fourth-order valence-electron chi connectivity index (χ4n) is 3.48. The minimum atomic E-state index is -0.216. The first-order chi connectivity index (χ1) is 11.5. The molecule has 2 aliphatic rings. The average Bonchev–Trinajstić information content (AvgIpc) is 2.97. The molecular formula is C20H26N2O2. The van der Waals surface area contributed by atoms with Crippen molar-refractivity contribution in [1.82, 2.24) is 4.90 Å². The van der Waals surface area contributed by atoms with Crippen LogP contribution in [0, 0.1) is 5.92 Å². The lowest BCUT2D eigenvalue weighted by atomic mass is 10.0. The molecule has 4 nitrogen and oxygen atoms in total. The van der Waals surface area contributed by atoms with Gasteiger partial charge in [-0.05, 0) is 36.5 Å². The maximum atomic E-state index is 12.7. The van der Waals surface area contributed by atoms with Crippen molar-refractivity contribution in [2.24, 2.45) is 5.92 Å². The third-order valence-electron chi connectivity index (χ3n) is 5.11. The molecule has 0 aliphatic carbocycles. The molecule has 2 amide bonds. The third kappa shape index (κ3) is 3.37. The van der Waals surface area contributed by atoms with E-state index in [-0.39, 0.29) is 17.7 Å². The van der Waals surface area contributed by atoms with Gasteiger partial charge < -0.3 is 9.80 Å². The standard InChI is InChI=1S/C20H26N2O2/c1-14(2)16-5-4-6-18(11-16)22-13-17(12-19(22)23)20(24)21-9-7-15(3)8-10-21/h4-6,11,14,17H,3,7-10,12-13H2,1-2H3. The van der Waals surface area contributed by atoms with E-state index >= 15 is 0 Å². The monoisotopic (exact) mass is 326 g/mol. The summed E-state index contributed by atoms with van der Waals surface area (Å²) in [5.41, 5.74) is 3.34. The summed E-state index contributed by atoms with van der Waals surface area (Å²) in [5.74, 6) is 0.377. The molecule has 0 spiro atoms. The Hall–Kier alpha value is -2.10. The van der Waals surface area contributed by atoms with Gasteiger partial charge in [-0.25, -0.2) is 0 Å². The molecule has 1 aromatic rings. The van der Waals surface area contributed by atoms with Gasteiger partial charge in [0.1, 0.15) is 0 Å². The highest BCUT2D eigenvalue weighted by Crippen LogP contribution is 2.29. The lowest BCUT2D eigenvalue weighted by molar-refractivity contribution is -0.136. The van der Waals surface area contributed by atoms with Crippen LogP contribution in [0.5, 0.6) is 0 Å². The fourth-order valence-corrected chi connectivity index (χ4v) is 3.48. The lowest BCUT2D eigenvalue weighted by Crippen LogP contribution is -2.41. The highest BCUT2D eigenvalue weighted by atomic mass is 16.2. The number of carbonyl (C=O) groups is 2. The summed E-state index contributed by atoms with van der Waals surface area (Å²) in [6.45, 7) is 10.3. The molecule has 128 valence electrons. The molecule has 2 fully saturated rings. The van der Waals surface area contributed by atoms with E-state index in [1.165, 1.54) is 11.1 Å². The highest BCUT2D eigenvalue weighted by molar-refractivity contribution is 6.00. The summed E-state index contributed by atoms with van der Waals surface area (Å²) in [7, 11) is 0. The van der Waals surface area contributed by atoms with Gasteiger partial charge in [0.25, 0.3) is 0 Å². The van der Waals surface area contributed by atoms with Crippen molar-refractivity contribution >= 4 is 17.5 Å². The Morgan fingerprint density at radius 3 is 2.62 bits per heavy atom. The van der Waals surface area contributed by atoms with Crippen LogP contribution >= 0.6 is 0 Å². The van der Waals surface area contributed by atoms with Gasteiger partial charge in [0.05, 0.1) is 5.92 Å². The maximum Gasteiger partial charge on any atom is 0.228 e. The molecule has 1 aromatic carbocycles. The average molecular weight is 326 g/mol. The number of benzene rings is 1. The van der Waals surface area contributed by atoms with Gasteiger partial charge in [0.15, 0.2) is 0 Å². The van der Waals surface area contributed by atoms with Crippen LogP contribution in [0.4, 0.5) is 5.69 Å². The van der Waals surface area contributed by atoms with Crippen molar-refractivity contribution in [2.45, 2.75) is 39.0 Å².